The van der Waals surface area contributed by atoms with Crippen LogP contribution in [0.2, 0.25) is 0 Å². The lowest BCUT2D eigenvalue weighted by atomic mass is 9.99. The van der Waals surface area contributed by atoms with E-state index in [1.54, 1.807) is 27.1 Å². The van der Waals surface area contributed by atoms with Crippen molar-refractivity contribution in [1.82, 2.24) is 19.7 Å². The molecule has 0 saturated carbocycles. The number of fused-ring (bicyclic) bond motifs is 2. The Balaban J connectivity index is 1.68. The van der Waals surface area contributed by atoms with Gasteiger partial charge < -0.3 is 19.2 Å². The van der Waals surface area contributed by atoms with Gasteiger partial charge in [0.1, 0.15) is 35.3 Å². The van der Waals surface area contributed by atoms with E-state index in [0.29, 0.717) is 27.0 Å². The fraction of sp³-hybridized carbons (Fsp3) is 0.414. The Kier molecular flexibility index (Phi) is 7.64. The molecule has 9 nitrogen and oxygen atoms in total. The number of rotatable bonds is 6. The van der Waals surface area contributed by atoms with Crippen LogP contribution >= 0.6 is 11.3 Å². The predicted octanol–water partition coefficient (Wildman–Crippen LogP) is 6.12. The second kappa shape index (κ2) is 10.9. The number of benzene rings is 1. The number of H-pyrrole nitrogens is 1. The molecule has 0 saturated heterocycles. The van der Waals surface area contributed by atoms with E-state index in [-0.39, 0.29) is 54.4 Å². The highest BCUT2D eigenvalue weighted by atomic mass is 32.1. The van der Waals surface area contributed by atoms with Crippen molar-refractivity contribution >= 4 is 27.5 Å². The third-order valence-electron chi connectivity index (χ3n) is 7.04. The first kappa shape index (κ1) is 28.7. The summed E-state index contributed by atoms with van der Waals surface area (Å²) < 4.78 is 48.7. The predicted molar refractivity (Wildman–Crippen MR) is 152 cm³/mol. The van der Waals surface area contributed by atoms with E-state index in [4.69, 9.17) is 19.3 Å². The van der Waals surface area contributed by atoms with E-state index >= 15 is 4.39 Å². The quantitative estimate of drug-likeness (QED) is 0.273. The van der Waals surface area contributed by atoms with Crippen LogP contribution < -0.4 is 10.3 Å². The highest BCUT2D eigenvalue weighted by Crippen LogP contribution is 2.44. The molecule has 1 aliphatic heterocycles. The first-order valence-corrected chi connectivity index (χ1v) is 14.1. The van der Waals surface area contributed by atoms with Crippen molar-refractivity contribution in [1.29, 1.82) is 0 Å². The molecule has 0 fully saturated rings. The van der Waals surface area contributed by atoms with Crippen LogP contribution in [0.4, 0.5) is 13.6 Å². The van der Waals surface area contributed by atoms with Gasteiger partial charge in [0.05, 0.1) is 52.3 Å². The summed E-state index contributed by atoms with van der Waals surface area (Å²) in [6.07, 6.45) is -0.439. The van der Waals surface area contributed by atoms with E-state index in [2.05, 4.69) is 4.98 Å². The van der Waals surface area contributed by atoms with Crippen molar-refractivity contribution in [2.75, 3.05) is 20.3 Å². The number of aromatic nitrogens is 3. The smallest absolute Gasteiger partial charge is 0.410 e. The van der Waals surface area contributed by atoms with Crippen LogP contribution in [0, 0.1) is 11.6 Å². The van der Waals surface area contributed by atoms with Gasteiger partial charge in [-0.2, -0.15) is 5.10 Å². The minimum absolute atomic E-state index is 0.00368. The van der Waals surface area contributed by atoms with Crippen LogP contribution in [0.15, 0.2) is 34.4 Å². The molecule has 0 spiro atoms. The third kappa shape index (κ3) is 5.45. The molecule has 4 aromatic rings. The number of amides is 1. The maximum Gasteiger partial charge on any atom is 0.410 e. The first-order chi connectivity index (χ1) is 19.4. The van der Waals surface area contributed by atoms with E-state index in [0.717, 1.165) is 12.1 Å². The zero-order valence-corrected chi connectivity index (χ0v) is 24.5. The number of hydrogen-bond acceptors (Lipinski definition) is 7. The highest BCUT2D eigenvalue weighted by molar-refractivity contribution is 7.17. The van der Waals surface area contributed by atoms with Gasteiger partial charge in [0.15, 0.2) is 0 Å². The molecule has 1 N–H and O–H groups in total. The number of nitrogens with zero attached hydrogens (tertiary/aromatic N) is 3. The number of nitrogens with one attached hydrogen (secondary N) is 1. The van der Waals surface area contributed by atoms with Crippen molar-refractivity contribution in [3.05, 3.63) is 57.3 Å². The Labute approximate surface area is 239 Å². The van der Waals surface area contributed by atoms with Crippen LogP contribution in [-0.2, 0) is 16.0 Å². The van der Waals surface area contributed by atoms with Crippen molar-refractivity contribution in [3.63, 3.8) is 0 Å². The van der Waals surface area contributed by atoms with Crippen LogP contribution in [0.25, 0.3) is 32.6 Å². The second-order valence-electron chi connectivity index (χ2n) is 11.0. The number of carbonyl (C=O) groups excluding carboxylic acids is 1. The molecular formula is C29H32F2N4O5S. The highest BCUT2D eigenvalue weighted by Gasteiger charge is 2.36. The molecule has 41 heavy (non-hydrogen) atoms. The van der Waals surface area contributed by atoms with Crippen molar-refractivity contribution < 1.29 is 27.8 Å². The maximum absolute atomic E-state index is 15.6. The molecule has 0 unspecified atom stereocenters. The molecule has 0 bridgehead atoms. The lowest BCUT2D eigenvalue weighted by Crippen LogP contribution is -2.48. The summed E-state index contributed by atoms with van der Waals surface area (Å²) in [6, 6.07) is 4.85. The minimum Gasteiger partial charge on any atom is -0.490 e. The van der Waals surface area contributed by atoms with Crippen molar-refractivity contribution in [2.45, 2.75) is 58.8 Å². The van der Waals surface area contributed by atoms with Gasteiger partial charge in [-0.05, 0) is 52.1 Å². The molecule has 0 aliphatic carbocycles. The number of halogens is 2. The number of pyridine rings is 1. The average molecular weight is 587 g/mol. The molecule has 1 aliphatic rings. The van der Waals surface area contributed by atoms with Gasteiger partial charge in [-0.1, -0.05) is 0 Å². The monoisotopic (exact) mass is 586 g/mol. The molecular weight excluding hydrogens is 554 g/mol. The van der Waals surface area contributed by atoms with E-state index in [1.807, 2.05) is 34.6 Å². The van der Waals surface area contributed by atoms with Crippen LogP contribution in [0.1, 0.15) is 46.4 Å². The largest absolute Gasteiger partial charge is 0.490 e. The number of hydrogen-bond donors (Lipinski definition) is 1. The molecule has 3 aromatic heterocycles. The standard InChI is InChI=1S/C29H32F2N4O5S/c1-15-16(2)35-18(14-34(15)28(37)40-29(3,4)5)13-21(33-35)25-24(26-19(7-10-41-26)27(36)32-25)23-20(31)11-17(30)12-22(23)39-9-8-38-6/h7,10-13,15-16H,8-9,14H2,1-6H3,(H,32,36)/t15-,16+/m1/s1. The van der Waals surface area contributed by atoms with E-state index < -0.39 is 23.3 Å². The Morgan fingerprint density at radius 1 is 1.15 bits per heavy atom. The fourth-order valence-corrected chi connectivity index (χ4v) is 5.92. The molecule has 2 atom stereocenters. The molecule has 12 heteroatoms. The van der Waals surface area contributed by atoms with E-state index in [9.17, 15) is 14.0 Å². The lowest BCUT2D eigenvalue weighted by molar-refractivity contribution is 0.00410. The zero-order valence-electron chi connectivity index (χ0n) is 23.7. The van der Waals surface area contributed by atoms with Crippen molar-refractivity contribution in [3.8, 4) is 28.3 Å². The van der Waals surface area contributed by atoms with Gasteiger partial charge in [0, 0.05) is 24.8 Å². The van der Waals surface area contributed by atoms with Crippen molar-refractivity contribution in [2.24, 2.45) is 0 Å². The average Bonchev–Trinajstić information content (AvgIpc) is 3.54. The Morgan fingerprint density at radius 2 is 1.90 bits per heavy atom. The molecule has 218 valence electrons. The van der Waals surface area contributed by atoms with E-state index in [1.165, 1.54) is 18.4 Å². The maximum atomic E-state index is 15.6. The van der Waals surface area contributed by atoms with Gasteiger partial charge in [0.2, 0.25) is 0 Å². The Bertz CT molecular complexity index is 1670. The van der Waals surface area contributed by atoms with Gasteiger partial charge in [-0.15, -0.1) is 11.3 Å². The summed E-state index contributed by atoms with van der Waals surface area (Å²) in [4.78, 5) is 30.7. The Hall–Kier alpha value is -3.77. The summed E-state index contributed by atoms with van der Waals surface area (Å²) in [6.45, 7) is 9.79. The number of aromatic amines is 1. The van der Waals surface area contributed by atoms with Gasteiger partial charge in [-0.25, -0.2) is 13.6 Å². The van der Waals surface area contributed by atoms with Gasteiger partial charge in [0.25, 0.3) is 5.56 Å². The lowest BCUT2D eigenvalue weighted by Gasteiger charge is -2.39. The molecule has 1 amide bonds. The summed E-state index contributed by atoms with van der Waals surface area (Å²) in [7, 11) is 1.50. The van der Waals surface area contributed by atoms with Gasteiger partial charge >= 0.3 is 6.09 Å². The number of methoxy groups -OCH3 is 1. The van der Waals surface area contributed by atoms with Crippen LogP contribution in [0.3, 0.4) is 0 Å². The third-order valence-corrected chi connectivity index (χ3v) is 7.98. The van der Waals surface area contributed by atoms with Gasteiger partial charge in [-0.3, -0.25) is 14.4 Å². The molecule has 5 rings (SSSR count). The normalized spacial score (nSPS) is 17.1. The Morgan fingerprint density at radius 3 is 2.61 bits per heavy atom. The van der Waals surface area contributed by atoms with Crippen LogP contribution in [-0.4, -0.2) is 57.7 Å². The summed E-state index contributed by atoms with van der Waals surface area (Å²) in [5.74, 6) is -1.67. The topological polar surface area (TPSA) is 98.7 Å². The zero-order chi connectivity index (χ0) is 29.6. The first-order valence-electron chi connectivity index (χ1n) is 13.2. The number of carbonyl (C=O) groups is 1. The molecule has 1 aromatic carbocycles. The second-order valence-corrected chi connectivity index (χ2v) is 11.9. The number of ether oxygens (including phenoxy) is 3. The summed E-state index contributed by atoms with van der Waals surface area (Å²) in [5.41, 5.74) is 0.661. The molecule has 0 radical (unpaired) electrons. The minimum atomic E-state index is -0.845. The molecule has 4 heterocycles. The number of thiophene rings is 1. The fourth-order valence-electron chi connectivity index (χ4n) is 4.97. The SMILES string of the molecule is COCCOc1cc(F)cc(F)c1-c1c(-c2cc3n(n2)[C@@H](C)[C@@H](C)N(C(=O)OC(C)(C)C)C3)[nH]c(=O)c2ccsc12. The van der Waals surface area contributed by atoms with Crippen LogP contribution in [0.5, 0.6) is 5.75 Å². The summed E-state index contributed by atoms with van der Waals surface area (Å²) >= 11 is 1.26. The summed E-state index contributed by atoms with van der Waals surface area (Å²) in [5, 5.41) is 6.91.